The molecule has 1 atom stereocenters. The highest BCUT2D eigenvalue weighted by Gasteiger charge is 2.31. The van der Waals surface area contributed by atoms with E-state index in [2.05, 4.69) is 19.7 Å². The smallest absolute Gasteiger partial charge is 0.416 e. The second-order valence-corrected chi connectivity index (χ2v) is 8.21. The van der Waals surface area contributed by atoms with Gasteiger partial charge in [0.2, 0.25) is 0 Å². The van der Waals surface area contributed by atoms with Gasteiger partial charge in [-0.15, -0.1) is 11.6 Å². The number of hydrogen-bond donors (Lipinski definition) is 2. The summed E-state index contributed by atoms with van der Waals surface area (Å²) in [6.45, 7) is -1.46. The molecule has 0 aliphatic heterocycles. The third-order valence-corrected chi connectivity index (χ3v) is 5.50. The lowest BCUT2D eigenvalue weighted by molar-refractivity contribution is -0.137. The Morgan fingerprint density at radius 3 is 2.54 bits per heavy atom. The van der Waals surface area contributed by atoms with Crippen molar-refractivity contribution in [2.24, 2.45) is 4.99 Å². The number of benzene rings is 2. The van der Waals surface area contributed by atoms with Gasteiger partial charge in [0, 0.05) is 10.9 Å². The Kier molecular flexibility index (Phi) is 9.46. The van der Waals surface area contributed by atoms with Crippen LogP contribution in [0, 0.1) is 6.92 Å². The SMILES string of the molecule is Cc1ncc(Oc2cccc(C(F)(F)F)c2)c(C(=N[C@@H](CCl)Cc2ccc(OC(F)F)cc2Cl)NO)n1. The summed E-state index contributed by atoms with van der Waals surface area (Å²) in [6, 6.07) is 7.48. The number of hydrogen-bond acceptors (Lipinski definition) is 6. The van der Waals surface area contributed by atoms with E-state index >= 15 is 0 Å². The lowest BCUT2D eigenvalue weighted by atomic mass is 10.1. The third kappa shape index (κ3) is 7.88. The Bertz CT molecular complexity index is 1260. The number of aromatic nitrogens is 2. The Morgan fingerprint density at radius 1 is 1.16 bits per heavy atom. The molecule has 0 spiro atoms. The third-order valence-electron chi connectivity index (χ3n) is 4.79. The van der Waals surface area contributed by atoms with Crippen LogP contribution in [0.25, 0.3) is 0 Å². The van der Waals surface area contributed by atoms with Crippen molar-refractivity contribution >= 4 is 29.0 Å². The molecule has 0 amide bonds. The Morgan fingerprint density at radius 2 is 1.92 bits per heavy atom. The van der Waals surface area contributed by atoms with Crippen molar-refractivity contribution in [3.8, 4) is 17.2 Å². The monoisotopic (exact) mass is 564 g/mol. The number of amidine groups is 1. The van der Waals surface area contributed by atoms with E-state index in [9.17, 15) is 27.2 Å². The van der Waals surface area contributed by atoms with E-state index in [0.717, 1.165) is 12.1 Å². The van der Waals surface area contributed by atoms with Crippen molar-refractivity contribution < 1.29 is 36.6 Å². The van der Waals surface area contributed by atoms with Crippen LogP contribution >= 0.6 is 23.2 Å². The number of halogens is 7. The zero-order chi connectivity index (χ0) is 27.2. The van der Waals surface area contributed by atoms with Gasteiger partial charge in [-0.2, -0.15) is 22.0 Å². The van der Waals surface area contributed by atoms with Gasteiger partial charge in [-0.3, -0.25) is 15.7 Å². The molecule has 198 valence electrons. The molecule has 0 aliphatic carbocycles. The molecule has 0 saturated carbocycles. The van der Waals surface area contributed by atoms with Crippen LogP contribution < -0.4 is 15.0 Å². The summed E-state index contributed by atoms with van der Waals surface area (Å²) >= 11 is 12.2. The summed E-state index contributed by atoms with van der Waals surface area (Å²) in [5.41, 5.74) is 1.45. The van der Waals surface area contributed by atoms with E-state index in [1.165, 1.54) is 36.5 Å². The Hall–Kier alpha value is -3.22. The predicted octanol–water partition coefficient (Wildman–Crippen LogP) is 6.43. The second kappa shape index (κ2) is 12.3. The van der Waals surface area contributed by atoms with E-state index in [4.69, 9.17) is 27.9 Å². The molecule has 0 radical (unpaired) electrons. The number of hydroxylamine groups is 1. The fourth-order valence-corrected chi connectivity index (χ4v) is 3.58. The summed E-state index contributed by atoms with van der Waals surface area (Å²) in [7, 11) is 0. The topological polar surface area (TPSA) is 88.9 Å². The first-order valence-corrected chi connectivity index (χ1v) is 11.4. The van der Waals surface area contributed by atoms with Crippen LogP contribution in [0.4, 0.5) is 22.0 Å². The number of rotatable bonds is 9. The van der Waals surface area contributed by atoms with Crippen molar-refractivity contribution in [1.29, 1.82) is 0 Å². The maximum atomic E-state index is 13.1. The number of nitrogens with one attached hydrogen (secondary N) is 1. The molecule has 3 aromatic rings. The van der Waals surface area contributed by atoms with Crippen molar-refractivity contribution in [1.82, 2.24) is 15.4 Å². The summed E-state index contributed by atoms with van der Waals surface area (Å²) in [6.07, 6.45) is -3.22. The second-order valence-electron chi connectivity index (χ2n) is 7.49. The minimum Gasteiger partial charge on any atom is -0.453 e. The fourth-order valence-electron chi connectivity index (χ4n) is 3.15. The van der Waals surface area contributed by atoms with Crippen molar-refractivity contribution in [3.63, 3.8) is 0 Å². The largest absolute Gasteiger partial charge is 0.453 e. The fraction of sp³-hybridized carbons (Fsp3) is 0.261. The molecule has 1 heterocycles. The minimum absolute atomic E-state index is 0.0469. The summed E-state index contributed by atoms with van der Waals surface area (Å²) < 4.78 is 74.0. The molecule has 7 nitrogen and oxygen atoms in total. The highest BCUT2D eigenvalue weighted by Crippen LogP contribution is 2.33. The molecular weight excluding hydrogens is 546 g/mol. The minimum atomic E-state index is -4.58. The number of aliphatic imine (C=N–C) groups is 1. The maximum absolute atomic E-state index is 13.1. The molecule has 0 saturated heterocycles. The first kappa shape index (κ1) is 28.4. The normalized spacial score (nSPS) is 13.0. The summed E-state index contributed by atoms with van der Waals surface area (Å²) in [5.74, 6) is -0.357. The molecule has 0 fully saturated rings. The lowest BCUT2D eigenvalue weighted by Gasteiger charge is -2.16. The van der Waals surface area contributed by atoms with Crippen LogP contribution in [0.1, 0.15) is 22.6 Å². The van der Waals surface area contributed by atoms with Crippen LogP contribution in [0.5, 0.6) is 17.2 Å². The van der Waals surface area contributed by atoms with E-state index in [-0.39, 0.29) is 51.9 Å². The van der Waals surface area contributed by atoms with Gasteiger partial charge in [0.15, 0.2) is 17.3 Å². The van der Waals surface area contributed by atoms with Crippen LogP contribution in [0.2, 0.25) is 5.02 Å². The maximum Gasteiger partial charge on any atom is 0.416 e. The van der Waals surface area contributed by atoms with Crippen LogP contribution in [0.3, 0.4) is 0 Å². The molecule has 2 N–H and O–H groups in total. The average molecular weight is 565 g/mol. The first-order chi connectivity index (χ1) is 17.5. The number of alkyl halides is 6. The highest BCUT2D eigenvalue weighted by molar-refractivity contribution is 6.31. The standard InChI is InChI=1S/C23H19Cl2F5N4O3/c1-12-31-11-19(36-16-4-2-3-14(8-16)23(28,29)30)20(32-12)21(34-35)33-15(10-24)7-13-5-6-17(9-18(13)25)37-22(26)27/h2-6,8-9,11,15,22,35H,7,10H2,1H3,(H,33,34)/t15-/m1/s1. The molecule has 14 heteroatoms. The van der Waals surface area contributed by atoms with Gasteiger partial charge >= 0.3 is 12.8 Å². The average Bonchev–Trinajstić information content (AvgIpc) is 2.83. The summed E-state index contributed by atoms with van der Waals surface area (Å²) in [4.78, 5) is 12.5. The Labute approximate surface area is 217 Å². The van der Waals surface area contributed by atoms with E-state index in [0.29, 0.717) is 5.56 Å². The van der Waals surface area contributed by atoms with Crippen molar-refractivity contribution in [2.75, 3.05) is 5.88 Å². The quantitative estimate of drug-likeness (QED) is 0.102. The van der Waals surface area contributed by atoms with Gasteiger partial charge < -0.3 is 9.47 Å². The highest BCUT2D eigenvalue weighted by atomic mass is 35.5. The zero-order valence-corrected chi connectivity index (χ0v) is 20.5. The lowest BCUT2D eigenvalue weighted by Crippen LogP contribution is -2.26. The van der Waals surface area contributed by atoms with Gasteiger partial charge in [-0.25, -0.2) is 9.97 Å². The van der Waals surface area contributed by atoms with Gasteiger partial charge in [0.1, 0.15) is 17.3 Å². The summed E-state index contributed by atoms with van der Waals surface area (Å²) in [5, 5.41) is 9.93. The molecular formula is C23H19Cl2F5N4O3. The molecule has 0 unspecified atom stereocenters. The number of aryl methyl sites for hydroxylation is 1. The van der Waals surface area contributed by atoms with Gasteiger partial charge in [0.25, 0.3) is 0 Å². The van der Waals surface area contributed by atoms with Crippen LogP contribution in [0.15, 0.2) is 53.7 Å². The van der Waals surface area contributed by atoms with Crippen molar-refractivity contribution in [2.45, 2.75) is 32.2 Å². The van der Waals surface area contributed by atoms with Crippen LogP contribution in [-0.4, -0.2) is 39.5 Å². The molecule has 0 aliphatic rings. The van der Waals surface area contributed by atoms with E-state index < -0.39 is 24.4 Å². The van der Waals surface area contributed by atoms with Gasteiger partial charge in [-0.1, -0.05) is 23.7 Å². The zero-order valence-electron chi connectivity index (χ0n) is 18.9. The number of ether oxygens (including phenoxy) is 2. The van der Waals surface area contributed by atoms with E-state index in [1.807, 2.05) is 5.48 Å². The first-order valence-electron chi connectivity index (χ1n) is 10.5. The molecule has 2 aromatic carbocycles. The number of nitrogens with zero attached hydrogens (tertiary/aromatic N) is 3. The Balaban J connectivity index is 1.91. The van der Waals surface area contributed by atoms with Crippen LogP contribution in [-0.2, 0) is 12.6 Å². The van der Waals surface area contributed by atoms with Gasteiger partial charge in [-0.05, 0) is 49.2 Å². The van der Waals surface area contributed by atoms with Crippen molar-refractivity contribution in [3.05, 3.63) is 76.3 Å². The molecule has 0 bridgehead atoms. The van der Waals surface area contributed by atoms with E-state index in [1.54, 1.807) is 6.92 Å². The predicted molar refractivity (Wildman–Crippen MR) is 126 cm³/mol. The molecule has 37 heavy (non-hydrogen) atoms. The van der Waals surface area contributed by atoms with Gasteiger partial charge in [0.05, 0.1) is 17.8 Å². The molecule has 3 rings (SSSR count). The molecule has 1 aromatic heterocycles.